The van der Waals surface area contributed by atoms with Crippen molar-refractivity contribution in [2.24, 2.45) is 0 Å². The third-order valence-electron chi connectivity index (χ3n) is 4.06. The molecule has 0 aromatic carbocycles. The molecule has 1 atom stereocenters. The molecule has 1 aromatic rings. The molecule has 2 heterocycles. The molecule has 0 unspecified atom stereocenters. The second-order valence-electron chi connectivity index (χ2n) is 5.55. The fourth-order valence-electron chi connectivity index (χ4n) is 2.63. The maximum Gasteiger partial charge on any atom is 0.0957 e. The number of pyridine rings is 1. The molecule has 1 aliphatic heterocycles. The van der Waals surface area contributed by atoms with E-state index in [4.69, 9.17) is 0 Å². The van der Waals surface area contributed by atoms with Gasteiger partial charge in [0, 0.05) is 19.1 Å². The molecule has 0 bridgehead atoms. The fourth-order valence-corrected chi connectivity index (χ4v) is 2.63. The van der Waals surface area contributed by atoms with Gasteiger partial charge < -0.3 is 14.9 Å². The zero-order valence-corrected chi connectivity index (χ0v) is 12.2. The molecule has 4 heteroatoms. The quantitative estimate of drug-likeness (QED) is 0.902. The number of hydrogen-bond acceptors (Lipinski definition) is 4. The van der Waals surface area contributed by atoms with Gasteiger partial charge in [-0.15, -0.1) is 0 Å². The summed E-state index contributed by atoms with van der Waals surface area (Å²) in [4.78, 5) is 9.08. The van der Waals surface area contributed by atoms with E-state index < -0.39 is 6.10 Å². The lowest BCUT2D eigenvalue weighted by Gasteiger charge is -2.36. The van der Waals surface area contributed by atoms with E-state index in [-0.39, 0.29) is 0 Å². The third kappa shape index (κ3) is 3.45. The van der Waals surface area contributed by atoms with Crippen LogP contribution in [0.3, 0.4) is 0 Å². The smallest absolute Gasteiger partial charge is 0.0957 e. The second-order valence-corrected chi connectivity index (χ2v) is 5.55. The Morgan fingerprint density at radius 3 is 2.53 bits per heavy atom. The minimum absolute atomic E-state index is 0.437. The van der Waals surface area contributed by atoms with E-state index in [9.17, 15) is 5.11 Å². The minimum Gasteiger partial charge on any atom is -0.387 e. The van der Waals surface area contributed by atoms with E-state index >= 15 is 0 Å². The van der Waals surface area contributed by atoms with Crippen molar-refractivity contribution >= 4 is 5.69 Å². The van der Waals surface area contributed by atoms with Crippen LogP contribution < -0.4 is 4.90 Å². The molecule has 1 saturated heterocycles. The molecule has 1 fully saturated rings. The van der Waals surface area contributed by atoms with E-state index in [1.807, 2.05) is 19.2 Å². The van der Waals surface area contributed by atoms with Gasteiger partial charge in [0.25, 0.3) is 0 Å². The van der Waals surface area contributed by atoms with Gasteiger partial charge in [-0.2, -0.15) is 0 Å². The molecule has 0 radical (unpaired) electrons. The van der Waals surface area contributed by atoms with Crippen molar-refractivity contribution in [3.8, 4) is 0 Å². The predicted molar refractivity (Wildman–Crippen MR) is 78.4 cm³/mol. The average molecular weight is 263 g/mol. The second kappa shape index (κ2) is 6.35. The molecule has 2 rings (SSSR count). The van der Waals surface area contributed by atoms with Crippen molar-refractivity contribution in [3.05, 3.63) is 24.0 Å². The summed E-state index contributed by atoms with van der Waals surface area (Å²) in [6.07, 6.45) is 4.57. The van der Waals surface area contributed by atoms with E-state index in [0.29, 0.717) is 12.5 Å². The highest BCUT2D eigenvalue weighted by atomic mass is 16.3. The Hall–Kier alpha value is -1.13. The van der Waals surface area contributed by atoms with E-state index in [1.165, 1.54) is 18.5 Å². The third-order valence-corrected chi connectivity index (χ3v) is 4.06. The molecule has 19 heavy (non-hydrogen) atoms. The van der Waals surface area contributed by atoms with Crippen molar-refractivity contribution in [1.29, 1.82) is 0 Å². The van der Waals surface area contributed by atoms with Gasteiger partial charge in [0.05, 0.1) is 23.7 Å². The molecule has 0 amide bonds. The average Bonchev–Trinajstić information content (AvgIpc) is 2.46. The maximum atomic E-state index is 9.74. The first-order chi connectivity index (χ1) is 9.11. The number of anilines is 1. The molecule has 1 N–H and O–H groups in total. The number of aliphatic hydroxyl groups is 1. The zero-order chi connectivity index (χ0) is 13.8. The normalized spacial score (nSPS) is 18.9. The van der Waals surface area contributed by atoms with E-state index in [2.05, 4.69) is 34.9 Å². The molecular weight excluding hydrogens is 238 g/mol. The summed E-state index contributed by atoms with van der Waals surface area (Å²) in [6.45, 7) is 4.13. The summed E-state index contributed by atoms with van der Waals surface area (Å²) < 4.78 is 0. The van der Waals surface area contributed by atoms with Crippen LogP contribution in [-0.2, 0) is 0 Å². The highest BCUT2D eigenvalue weighted by Gasteiger charge is 2.21. The lowest BCUT2D eigenvalue weighted by atomic mass is 10.0. The van der Waals surface area contributed by atoms with Gasteiger partial charge in [-0.25, -0.2) is 0 Å². The highest BCUT2D eigenvalue weighted by molar-refractivity contribution is 5.45. The number of aliphatic hydroxyl groups excluding tert-OH is 1. The van der Waals surface area contributed by atoms with Crippen molar-refractivity contribution < 1.29 is 5.11 Å². The van der Waals surface area contributed by atoms with Crippen molar-refractivity contribution in [2.75, 3.05) is 32.1 Å². The van der Waals surface area contributed by atoms with Crippen LogP contribution in [0.25, 0.3) is 0 Å². The SMILES string of the molecule is CC[C@H](O)c1ccc(N2CCC(N(C)C)CC2)cn1. The Bertz CT molecular complexity index is 383. The first-order valence-electron chi connectivity index (χ1n) is 7.17. The summed E-state index contributed by atoms with van der Waals surface area (Å²) in [5.74, 6) is 0. The van der Waals surface area contributed by atoms with Gasteiger partial charge in [-0.1, -0.05) is 6.92 Å². The molecule has 0 spiro atoms. The predicted octanol–water partition coefficient (Wildman–Crippen LogP) is 2.06. The molecule has 0 saturated carbocycles. The van der Waals surface area contributed by atoms with Crippen LogP contribution in [0.4, 0.5) is 5.69 Å². The van der Waals surface area contributed by atoms with E-state index in [1.54, 1.807) is 0 Å². The minimum atomic E-state index is -0.437. The molecule has 4 nitrogen and oxygen atoms in total. The van der Waals surface area contributed by atoms with Crippen molar-refractivity contribution in [3.63, 3.8) is 0 Å². The monoisotopic (exact) mass is 263 g/mol. The number of nitrogens with zero attached hydrogens (tertiary/aromatic N) is 3. The topological polar surface area (TPSA) is 39.6 Å². The van der Waals surface area contributed by atoms with Gasteiger partial charge in [-0.05, 0) is 45.5 Å². The number of hydrogen-bond donors (Lipinski definition) is 1. The Morgan fingerprint density at radius 2 is 2.05 bits per heavy atom. The van der Waals surface area contributed by atoms with Gasteiger partial charge in [0.15, 0.2) is 0 Å². The van der Waals surface area contributed by atoms with Crippen molar-refractivity contribution in [1.82, 2.24) is 9.88 Å². The Balaban J connectivity index is 1.96. The van der Waals surface area contributed by atoms with E-state index in [0.717, 1.165) is 18.8 Å². The first kappa shape index (κ1) is 14.3. The van der Waals surface area contributed by atoms with Gasteiger partial charge in [0.1, 0.15) is 0 Å². The lowest BCUT2D eigenvalue weighted by Crippen LogP contribution is -2.42. The fraction of sp³-hybridized carbons (Fsp3) is 0.667. The van der Waals surface area contributed by atoms with Crippen LogP contribution >= 0.6 is 0 Å². The summed E-state index contributed by atoms with van der Waals surface area (Å²) in [5, 5.41) is 9.74. The molecule has 0 aliphatic carbocycles. The Morgan fingerprint density at radius 1 is 1.37 bits per heavy atom. The summed E-state index contributed by atoms with van der Waals surface area (Å²) >= 11 is 0. The van der Waals surface area contributed by atoms with Gasteiger partial charge in [0.2, 0.25) is 0 Å². The van der Waals surface area contributed by atoms with Gasteiger partial charge >= 0.3 is 0 Å². The number of piperidine rings is 1. The van der Waals surface area contributed by atoms with Gasteiger partial charge in [-0.3, -0.25) is 4.98 Å². The van der Waals surface area contributed by atoms with Crippen LogP contribution in [0.2, 0.25) is 0 Å². The molecule has 1 aromatic heterocycles. The largest absolute Gasteiger partial charge is 0.387 e. The van der Waals surface area contributed by atoms with Crippen LogP contribution in [0.1, 0.15) is 38.0 Å². The first-order valence-corrected chi connectivity index (χ1v) is 7.17. The Labute approximate surface area is 116 Å². The molecule has 1 aliphatic rings. The summed E-state index contributed by atoms with van der Waals surface area (Å²) in [6, 6.07) is 4.73. The lowest BCUT2D eigenvalue weighted by molar-refractivity contribution is 0.169. The molecule has 106 valence electrons. The Kier molecular flexibility index (Phi) is 4.77. The van der Waals surface area contributed by atoms with Crippen molar-refractivity contribution in [2.45, 2.75) is 38.3 Å². The standard InChI is InChI=1S/C15H25N3O/c1-4-15(19)14-6-5-13(11-16-14)18-9-7-12(8-10-18)17(2)3/h5-6,11-12,15,19H,4,7-10H2,1-3H3/t15-/m0/s1. The number of aromatic nitrogens is 1. The van der Waals surface area contributed by atoms with Crippen LogP contribution in [0.5, 0.6) is 0 Å². The number of rotatable bonds is 4. The summed E-state index contributed by atoms with van der Waals surface area (Å²) in [5.41, 5.74) is 1.94. The maximum absolute atomic E-state index is 9.74. The zero-order valence-electron chi connectivity index (χ0n) is 12.2. The van der Waals surface area contributed by atoms with Crippen LogP contribution in [-0.4, -0.2) is 48.2 Å². The molecular formula is C15H25N3O. The summed E-state index contributed by atoms with van der Waals surface area (Å²) in [7, 11) is 4.31. The van der Waals surface area contributed by atoms with Crippen LogP contribution in [0.15, 0.2) is 18.3 Å². The highest BCUT2D eigenvalue weighted by Crippen LogP contribution is 2.22. The van der Waals surface area contributed by atoms with Crippen LogP contribution in [0, 0.1) is 0 Å².